The van der Waals surface area contributed by atoms with Crippen molar-refractivity contribution in [2.75, 3.05) is 36.5 Å². The Morgan fingerprint density at radius 1 is 1.09 bits per heavy atom. The van der Waals surface area contributed by atoms with Crippen LogP contribution in [0.2, 0.25) is 0 Å². The fourth-order valence-electron chi connectivity index (χ4n) is 2.70. The van der Waals surface area contributed by atoms with Crippen LogP contribution in [0.5, 0.6) is 0 Å². The van der Waals surface area contributed by atoms with Crippen molar-refractivity contribution in [3.63, 3.8) is 0 Å². The number of nitrogens with one attached hydrogen (secondary N) is 1. The van der Waals surface area contributed by atoms with Crippen molar-refractivity contribution in [3.05, 3.63) is 59.4 Å². The van der Waals surface area contributed by atoms with Gasteiger partial charge in [-0.2, -0.15) is 0 Å². The molecule has 0 unspecified atom stereocenters. The van der Waals surface area contributed by atoms with Gasteiger partial charge in [0.2, 0.25) is 0 Å². The maximum absolute atomic E-state index is 14.3. The summed E-state index contributed by atoms with van der Waals surface area (Å²) in [6, 6.07) is 12.9. The van der Waals surface area contributed by atoms with Gasteiger partial charge in [-0.25, -0.2) is 4.39 Å². The fourth-order valence-corrected chi connectivity index (χ4v) is 2.70. The third kappa shape index (κ3) is 4.00. The molecule has 0 amide bonds. The minimum atomic E-state index is -0.199. The van der Waals surface area contributed by atoms with E-state index in [1.807, 2.05) is 41.3 Å². The van der Waals surface area contributed by atoms with E-state index in [1.54, 1.807) is 6.07 Å². The van der Waals surface area contributed by atoms with E-state index in [2.05, 4.69) is 5.32 Å². The predicted molar refractivity (Wildman–Crippen MR) is 89.1 cm³/mol. The first kappa shape index (κ1) is 15.8. The van der Waals surface area contributed by atoms with E-state index in [0.717, 1.165) is 29.9 Å². The van der Waals surface area contributed by atoms with Crippen LogP contribution in [-0.4, -0.2) is 31.4 Å². The third-order valence-electron chi connectivity index (χ3n) is 3.97. The van der Waals surface area contributed by atoms with Gasteiger partial charge < -0.3 is 20.1 Å². The van der Waals surface area contributed by atoms with Crippen molar-refractivity contribution in [2.24, 2.45) is 0 Å². The lowest BCUT2D eigenvalue weighted by Crippen LogP contribution is -2.36. The summed E-state index contributed by atoms with van der Waals surface area (Å²) in [6.45, 7) is 3.28. The molecule has 0 atom stereocenters. The molecule has 0 aliphatic carbocycles. The van der Waals surface area contributed by atoms with E-state index in [9.17, 15) is 4.39 Å². The molecule has 1 aliphatic rings. The summed E-state index contributed by atoms with van der Waals surface area (Å²) in [5.74, 6) is -0.199. The molecule has 2 aromatic rings. The standard InChI is InChI=1S/C18H21FN2O2/c19-17-11-14(4-5-18(17)21-6-8-23-9-7-21)12-20-16-3-1-2-15(10-16)13-22/h1-5,10-11,20,22H,6-9,12-13H2. The number of hydrogen-bond donors (Lipinski definition) is 2. The Kier molecular flexibility index (Phi) is 5.10. The highest BCUT2D eigenvalue weighted by atomic mass is 19.1. The Labute approximate surface area is 135 Å². The average molecular weight is 316 g/mol. The van der Waals surface area contributed by atoms with Gasteiger partial charge in [0.05, 0.1) is 25.5 Å². The Morgan fingerprint density at radius 3 is 2.65 bits per heavy atom. The van der Waals surface area contributed by atoms with Crippen LogP contribution in [0.25, 0.3) is 0 Å². The van der Waals surface area contributed by atoms with Gasteiger partial charge in [0, 0.05) is 25.3 Å². The van der Waals surface area contributed by atoms with E-state index in [1.165, 1.54) is 0 Å². The average Bonchev–Trinajstić information content (AvgIpc) is 2.61. The molecule has 1 saturated heterocycles. The largest absolute Gasteiger partial charge is 0.392 e. The van der Waals surface area contributed by atoms with Gasteiger partial charge >= 0.3 is 0 Å². The molecule has 1 fully saturated rings. The van der Waals surface area contributed by atoms with Crippen LogP contribution < -0.4 is 10.2 Å². The van der Waals surface area contributed by atoms with Crippen molar-refractivity contribution in [2.45, 2.75) is 13.2 Å². The highest BCUT2D eigenvalue weighted by molar-refractivity contribution is 5.51. The summed E-state index contributed by atoms with van der Waals surface area (Å²) in [5.41, 5.74) is 3.28. The summed E-state index contributed by atoms with van der Waals surface area (Å²) >= 11 is 0. The third-order valence-corrected chi connectivity index (χ3v) is 3.97. The van der Waals surface area contributed by atoms with Gasteiger partial charge in [0.15, 0.2) is 0 Å². The molecule has 0 aromatic heterocycles. The molecule has 0 bridgehead atoms. The molecule has 122 valence electrons. The SMILES string of the molecule is OCc1cccc(NCc2ccc(N3CCOCC3)c(F)c2)c1. The molecule has 0 saturated carbocycles. The molecule has 3 rings (SSSR count). The maximum Gasteiger partial charge on any atom is 0.146 e. The van der Waals surface area contributed by atoms with Crippen LogP contribution in [-0.2, 0) is 17.9 Å². The van der Waals surface area contributed by atoms with Crippen molar-refractivity contribution < 1.29 is 14.2 Å². The number of aliphatic hydroxyl groups excluding tert-OH is 1. The summed E-state index contributed by atoms with van der Waals surface area (Å²) in [5, 5.41) is 12.4. The number of halogens is 1. The highest BCUT2D eigenvalue weighted by Gasteiger charge is 2.15. The van der Waals surface area contributed by atoms with Gasteiger partial charge in [0.25, 0.3) is 0 Å². The van der Waals surface area contributed by atoms with Crippen molar-refractivity contribution >= 4 is 11.4 Å². The van der Waals surface area contributed by atoms with Crippen LogP contribution >= 0.6 is 0 Å². The number of hydrogen-bond acceptors (Lipinski definition) is 4. The zero-order chi connectivity index (χ0) is 16.1. The number of nitrogens with zero attached hydrogens (tertiary/aromatic N) is 1. The first-order valence-corrected chi connectivity index (χ1v) is 7.81. The van der Waals surface area contributed by atoms with Gasteiger partial charge in [-0.1, -0.05) is 18.2 Å². The van der Waals surface area contributed by atoms with Crippen LogP contribution in [0.15, 0.2) is 42.5 Å². The lowest BCUT2D eigenvalue weighted by atomic mass is 10.1. The zero-order valence-electron chi connectivity index (χ0n) is 13.0. The van der Waals surface area contributed by atoms with Crippen LogP contribution in [0.1, 0.15) is 11.1 Å². The highest BCUT2D eigenvalue weighted by Crippen LogP contribution is 2.22. The van der Waals surface area contributed by atoms with Crippen LogP contribution in [0.3, 0.4) is 0 Å². The van der Waals surface area contributed by atoms with Crippen molar-refractivity contribution in [1.29, 1.82) is 0 Å². The molecular formula is C18H21FN2O2. The number of aliphatic hydroxyl groups is 1. The van der Waals surface area contributed by atoms with E-state index in [0.29, 0.717) is 25.4 Å². The summed E-state index contributed by atoms with van der Waals surface area (Å²) in [6.07, 6.45) is 0. The second-order valence-electron chi connectivity index (χ2n) is 5.60. The normalized spacial score (nSPS) is 14.8. The van der Waals surface area contributed by atoms with Crippen molar-refractivity contribution in [3.8, 4) is 0 Å². The Balaban J connectivity index is 1.65. The molecule has 2 N–H and O–H groups in total. The summed E-state index contributed by atoms with van der Waals surface area (Å²) in [4.78, 5) is 2.01. The molecule has 0 spiro atoms. The van der Waals surface area contributed by atoms with E-state index in [4.69, 9.17) is 9.84 Å². The van der Waals surface area contributed by atoms with E-state index in [-0.39, 0.29) is 12.4 Å². The topological polar surface area (TPSA) is 44.7 Å². The lowest BCUT2D eigenvalue weighted by molar-refractivity contribution is 0.122. The Hall–Kier alpha value is -2.11. The van der Waals surface area contributed by atoms with Gasteiger partial charge in [-0.05, 0) is 35.4 Å². The first-order valence-electron chi connectivity index (χ1n) is 7.81. The molecule has 1 aliphatic heterocycles. The molecular weight excluding hydrogens is 295 g/mol. The molecule has 5 heteroatoms. The molecule has 2 aromatic carbocycles. The van der Waals surface area contributed by atoms with Gasteiger partial charge in [-0.15, -0.1) is 0 Å². The van der Waals surface area contributed by atoms with E-state index >= 15 is 0 Å². The van der Waals surface area contributed by atoms with Gasteiger partial charge in [-0.3, -0.25) is 0 Å². The van der Waals surface area contributed by atoms with Crippen LogP contribution in [0, 0.1) is 5.82 Å². The molecule has 23 heavy (non-hydrogen) atoms. The minimum absolute atomic E-state index is 0.0123. The Morgan fingerprint density at radius 2 is 1.91 bits per heavy atom. The number of rotatable bonds is 5. The lowest BCUT2D eigenvalue weighted by Gasteiger charge is -2.29. The second kappa shape index (κ2) is 7.44. The minimum Gasteiger partial charge on any atom is -0.392 e. The number of ether oxygens (including phenoxy) is 1. The summed E-state index contributed by atoms with van der Waals surface area (Å²) in [7, 11) is 0. The number of benzene rings is 2. The molecule has 1 heterocycles. The van der Waals surface area contributed by atoms with Crippen LogP contribution in [0.4, 0.5) is 15.8 Å². The zero-order valence-corrected chi connectivity index (χ0v) is 13.0. The van der Waals surface area contributed by atoms with Gasteiger partial charge in [0.1, 0.15) is 5.82 Å². The Bertz CT molecular complexity index is 657. The number of morpholine rings is 1. The first-order chi connectivity index (χ1) is 11.3. The maximum atomic E-state index is 14.3. The van der Waals surface area contributed by atoms with E-state index < -0.39 is 0 Å². The smallest absolute Gasteiger partial charge is 0.146 e. The summed E-state index contributed by atoms with van der Waals surface area (Å²) < 4.78 is 19.6. The quantitative estimate of drug-likeness (QED) is 0.890. The predicted octanol–water partition coefficient (Wildman–Crippen LogP) is 2.77. The molecule has 4 nitrogen and oxygen atoms in total. The second-order valence-corrected chi connectivity index (χ2v) is 5.60. The van der Waals surface area contributed by atoms with Crippen molar-refractivity contribution in [1.82, 2.24) is 0 Å². The monoisotopic (exact) mass is 316 g/mol. The fraction of sp³-hybridized carbons (Fsp3) is 0.333. The molecule has 0 radical (unpaired) electrons. The number of anilines is 2.